The highest BCUT2D eigenvalue weighted by atomic mass is 16.5. The zero-order valence-corrected chi connectivity index (χ0v) is 18.3. The van der Waals surface area contributed by atoms with Crippen LogP contribution in [0, 0.1) is 0 Å². The zero-order valence-electron chi connectivity index (χ0n) is 18.3. The number of hydrogen-bond donors (Lipinski definition) is 2. The Morgan fingerprint density at radius 3 is 2.34 bits per heavy atom. The van der Waals surface area contributed by atoms with E-state index in [9.17, 15) is 9.59 Å². The largest absolute Gasteiger partial charge is 0.481 e. The predicted molar refractivity (Wildman–Crippen MR) is 124 cm³/mol. The van der Waals surface area contributed by atoms with Crippen molar-refractivity contribution in [1.82, 2.24) is 10.4 Å². The van der Waals surface area contributed by atoms with Crippen LogP contribution >= 0.6 is 0 Å². The lowest BCUT2D eigenvalue weighted by molar-refractivity contribution is -0.132. The van der Waals surface area contributed by atoms with Crippen LogP contribution in [0.1, 0.15) is 29.0 Å². The Hall–Kier alpha value is -4.00. The number of hydrazine groups is 1. The number of benzene rings is 3. The molecule has 1 heterocycles. The number of anilines is 2. The van der Waals surface area contributed by atoms with Gasteiger partial charge < -0.3 is 15.0 Å². The van der Waals surface area contributed by atoms with Gasteiger partial charge in [0.25, 0.3) is 11.8 Å². The van der Waals surface area contributed by atoms with E-state index in [1.54, 1.807) is 31.2 Å². The second-order valence-corrected chi connectivity index (χ2v) is 7.80. The molecule has 0 radical (unpaired) electrons. The average Bonchev–Trinajstić information content (AvgIpc) is 2.81. The van der Waals surface area contributed by atoms with Gasteiger partial charge in [0.1, 0.15) is 11.9 Å². The van der Waals surface area contributed by atoms with Gasteiger partial charge in [-0.25, -0.2) is 5.01 Å². The Labute approximate surface area is 187 Å². The second-order valence-electron chi connectivity index (χ2n) is 7.80. The maximum atomic E-state index is 13.3. The molecule has 3 aromatic carbocycles. The van der Waals surface area contributed by atoms with Crippen molar-refractivity contribution >= 4 is 23.2 Å². The molecule has 32 heavy (non-hydrogen) atoms. The maximum Gasteiger partial charge on any atom is 0.279 e. The Kier molecular flexibility index (Phi) is 5.98. The fourth-order valence-corrected chi connectivity index (χ4v) is 3.52. The first-order chi connectivity index (χ1) is 15.4. The quantitative estimate of drug-likeness (QED) is 0.622. The van der Waals surface area contributed by atoms with Gasteiger partial charge in [-0.3, -0.25) is 15.0 Å². The average molecular weight is 431 g/mol. The van der Waals surface area contributed by atoms with Gasteiger partial charge in [0.05, 0.1) is 5.56 Å². The third-order valence-corrected chi connectivity index (χ3v) is 5.31. The molecule has 1 aliphatic heterocycles. The minimum Gasteiger partial charge on any atom is -0.481 e. The van der Waals surface area contributed by atoms with Gasteiger partial charge in [-0.15, -0.1) is 0 Å². The van der Waals surface area contributed by atoms with Gasteiger partial charge in [0.15, 0.2) is 6.10 Å². The van der Waals surface area contributed by atoms with Crippen LogP contribution in [0.15, 0.2) is 78.9 Å². The Bertz CT molecular complexity index is 1100. The Morgan fingerprint density at radius 2 is 1.66 bits per heavy atom. The molecular formula is C25H26N4O3. The summed E-state index contributed by atoms with van der Waals surface area (Å²) in [6.45, 7) is 1.65. The number of hydrogen-bond acceptors (Lipinski definition) is 5. The number of nitrogens with one attached hydrogen (secondary N) is 2. The van der Waals surface area contributed by atoms with Crippen molar-refractivity contribution in [2.24, 2.45) is 0 Å². The molecule has 0 aliphatic carbocycles. The Balaban J connectivity index is 1.60. The number of carbonyl (C=O) groups excluding carboxylic acids is 2. The number of nitrogens with zero attached hydrogens (tertiary/aromatic N) is 2. The molecular weight excluding hydrogens is 404 g/mol. The van der Waals surface area contributed by atoms with Gasteiger partial charge >= 0.3 is 0 Å². The van der Waals surface area contributed by atoms with Crippen molar-refractivity contribution in [2.75, 3.05) is 24.3 Å². The zero-order chi connectivity index (χ0) is 22.7. The minimum atomic E-state index is -0.792. The van der Waals surface area contributed by atoms with Gasteiger partial charge in [0, 0.05) is 25.5 Å². The Morgan fingerprint density at radius 1 is 1.00 bits per heavy atom. The number of rotatable bonds is 6. The number of carbonyl (C=O) groups is 2. The normalized spacial score (nSPS) is 15.9. The number of ether oxygens (including phenoxy) is 1. The monoisotopic (exact) mass is 430 g/mol. The van der Waals surface area contributed by atoms with E-state index < -0.39 is 18.2 Å². The highest BCUT2D eigenvalue weighted by Gasteiger charge is 2.35. The third kappa shape index (κ3) is 4.37. The van der Waals surface area contributed by atoms with Gasteiger partial charge in [-0.05, 0) is 48.9 Å². The van der Waals surface area contributed by atoms with Crippen molar-refractivity contribution in [2.45, 2.75) is 19.2 Å². The lowest BCUT2D eigenvalue weighted by Gasteiger charge is -2.38. The van der Waals surface area contributed by atoms with E-state index >= 15 is 0 Å². The van der Waals surface area contributed by atoms with E-state index in [4.69, 9.17) is 4.74 Å². The molecule has 164 valence electrons. The number of fused-ring (bicyclic) bond motifs is 1. The summed E-state index contributed by atoms with van der Waals surface area (Å²) in [5.74, 6) is -0.126. The smallest absolute Gasteiger partial charge is 0.279 e. The SMILES string of the molecule is CC(Oc1ccccc1)C(=O)NN1C(=O)c2ccccc2NC1c1ccc(N(C)C)cc1. The maximum absolute atomic E-state index is 13.3. The van der Waals surface area contributed by atoms with Gasteiger partial charge in [-0.1, -0.05) is 42.5 Å². The van der Waals surface area contributed by atoms with Crippen molar-refractivity contribution in [3.8, 4) is 5.75 Å². The lowest BCUT2D eigenvalue weighted by Crippen LogP contribution is -2.55. The first-order valence-electron chi connectivity index (χ1n) is 10.4. The summed E-state index contributed by atoms with van der Waals surface area (Å²) < 4.78 is 5.73. The molecule has 1 aliphatic rings. The molecule has 0 spiro atoms. The highest BCUT2D eigenvalue weighted by molar-refractivity contribution is 6.02. The molecule has 0 saturated carbocycles. The van der Waals surface area contributed by atoms with E-state index in [1.807, 2.05) is 73.6 Å². The molecule has 0 fully saturated rings. The summed E-state index contributed by atoms with van der Waals surface area (Å²) >= 11 is 0. The first-order valence-corrected chi connectivity index (χ1v) is 10.4. The van der Waals surface area contributed by atoms with Crippen molar-refractivity contribution < 1.29 is 14.3 Å². The van der Waals surface area contributed by atoms with Crippen LogP contribution in [0.5, 0.6) is 5.75 Å². The van der Waals surface area contributed by atoms with Gasteiger partial charge in [-0.2, -0.15) is 0 Å². The van der Waals surface area contributed by atoms with Crippen LogP contribution in [-0.2, 0) is 4.79 Å². The van der Waals surface area contributed by atoms with Crippen LogP contribution in [0.2, 0.25) is 0 Å². The summed E-state index contributed by atoms with van der Waals surface area (Å²) in [4.78, 5) is 28.2. The molecule has 2 atom stereocenters. The molecule has 7 heteroatoms. The molecule has 0 aromatic heterocycles. The summed E-state index contributed by atoms with van der Waals surface area (Å²) in [6.07, 6.45) is -1.36. The van der Waals surface area contributed by atoms with Crippen LogP contribution in [0.25, 0.3) is 0 Å². The molecule has 0 bridgehead atoms. The van der Waals surface area contributed by atoms with Gasteiger partial charge in [0.2, 0.25) is 0 Å². The fourth-order valence-electron chi connectivity index (χ4n) is 3.52. The lowest BCUT2D eigenvalue weighted by atomic mass is 10.0. The molecule has 2 N–H and O–H groups in total. The molecule has 2 unspecified atom stereocenters. The van der Waals surface area contributed by atoms with Crippen LogP contribution in [0.3, 0.4) is 0 Å². The first kappa shape index (κ1) is 21.2. The molecule has 4 rings (SSSR count). The predicted octanol–water partition coefficient (Wildman–Crippen LogP) is 3.82. The second kappa shape index (κ2) is 9.01. The van der Waals surface area contributed by atoms with E-state index in [0.29, 0.717) is 11.3 Å². The number of para-hydroxylation sites is 2. The van der Waals surface area contributed by atoms with E-state index in [0.717, 1.165) is 16.9 Å². The summed E-state index contributed by atoms with van der Waals surface area (Å²) in [7, 11) is 3.93. The molecule has 0 saturated heterocycles. The van der Waals surface area contributed by atoms with Crippen LogP contribution in [0.4, 0.5) is 11.4 Å². The minimum absolute atomic E-state index is 0.290. The van der Waals surface area contributed by atoms with E-state index in [2.05, 4.69) is 10.7 Å². The summed E-state index contributed by atoms with van der Waals surface area (Å²) in [6, 6.07) is 24.2. The van der Waals surface area contributed by atoms with Crippen LogP contribution in [-0.4, -0.2) is 37.0 Å². The summed E-state index contributed by atoms with van der Waals surface area (Å²) in [5.41, 5.74) is 5.86. The summed E-state index contributed by atoms with van der Waals surface area (Å²) in [5, 5.41) is 4.71. The third-order valence-electron chi connectivity index (χ3n) is 5.31. The molecule has 7 nitrogen and oxygen atoms in total. The van der Waals surface area contributed by atoms with E-state index in [1.165, 1.54) is 5.01 Å². The van der Waals surface area contributed by atoms with Crippen molar-refractivity contribution in [3.05, 3.63) is 90.0 Å². The standard InChI is InChI=1S/C25H26N4O3/c1-17(32-20-9-5-4-6-10-20)24(30)27-29-23(18-13-15-19(16-14-18)28(2)3)26-22-12-8-7-11-21(22)25(29)31/h4-17,23,26H,1-3H3,(H,27,30). The van der Waals surface area contributed by atoms with Crippen molar-refractivity contribution in [1.29, 1.82) is 0 Å². The topological polar surface area (TPSA) is 73.9 Å². The van der Waals surface area contributed by atoms with Crippen LogP contribution < -0.4 is 20.4 Å². The molecule has 2 amide bonds. The number of amides is 2. The van der Waals surface area contributed by atoms with Crippen molar-refractivity contribution in [3.63, 3.8) is 0 Å². The fraction of sp³-hybridized carbons (Fsp3) is 0.200. The molecule has 3 aromatic rings. The highest BCUT2D eigenvalue weighted by Crippen LogP contribution is 2.32. The van der Waals surface area contributed by atoms with E-state index in [-0.39, 0.29) is 5.91 Å².